The van der Waals surface area contributed by atoms with Gasteiger partial charge in [-0.3, -0.25) is 13.9 Å². The van der Waals surface area contributed by atoms with Crippen molar-refractivity contribution >= 4 is 27.5 Å². The molecule has 1 unspecified atom stereocenters. The minimum Gasteiger partial charge on any atom is -0.352 e. The number of aryl methyl sites for hydroxylation is 1. The molecule has 9 heteroatoms. The maximum atomic E-state index is 13.3. The lowest BCUT2D eigenvalue weighted by molar-refractivity contribution is -0.140. The maximum absolute atomic E-state index is 13.3. The van der Waals surface area contributed by atoms with Crippen molar-refractivity contribution in [2.24, 2.45) is 0 Å². The summed E-state index contributed by atoms with van der Waals surface area (Å²) in [5, 5.41) is 2.82. The molecule has 0 saturated carbocycles. The number of sulfonamides is 1. The van der Waals surface area contributed by atoms with Crippen LogP contribution in [0.4, 0.5) is 10.1 Å². The second-order valence-corrected chi connectivity index (χ2v) is 10.9. The van der Waals surface area contributed by atoms with E-state index in [1.165, 1.54) is 21.3 Å². The maximum Gasteiger partial charge on any atom is 0.242 e. The topological polar surface area (TPSA) is 86.8 Å². The first kappa shape index (κ1) is 28.3. The summed E-state index contributed by atoms with van der Waals surface area (Å²) in [6, 6.07) is 12.2. The van der Waals surface area contributed by atoms with Crippen LogP contribution in [0.5, 0.6) is 0 Å². The highest BCUT2D eigenvalue weighted by atomic mass is 32.2. The highest BCUT2D eigenvalue weighted by Gasteiger charge is 2.27. The van der Waals surface area contributed by atoms with Crippen LogP contribution in [0.15, 0.2) is 48.5 Å². The van der Waals surface area contributed by atoms with Gasteiger partial charge in [-0.05, 0) is 69.0 Å². The Kier molecular flexibility index (Phi) is 10.2. The third-order valence-corrected chi connectivity index (χ3v) is 6.84. The van der Waals surface area contributed by atoms with Gasteiger partial charge in [-0.25, -0.2) is 12.8 Å². The molecular formula is C26H36FN3O4S. The zero-order valence-corrected chi connectivity index (χ0v) is 21.9. The molecule has 0 aromatic heterocycles. The van der Waals surface area contributed by atoms with Gasteiger partial charge >= 0.3 is 0 Å². The molecule has 2 aromatic rings. The van der Waals surface area contributed by atoms with Crippen LogP contribution in [0.3, 0.4) is 0 Å². The fourth-order valence-electron chi connectivity index (χ4n) is 3.68. The number of nitrogens with one attached hydrogen (secondary N) is 1. The van der Waals surface area contributed by atoms with Crippen LogP contribution in [0.25, 0.3) is 0 Å². The Morgan fingerprint density at radius 1 is 0.971 bits per heavy atom. The second kappa shape index (κ2) is 12.7. The van der Waals surface area contributed by atoms with E-state index in [1.54, 1.807) is 31.2 Å². The summed E-state index contributed by atoms with van der Waals surface area (Å²) in [7, 11) is -3.54. The summed E-state index contributed by atoms with van der Waals surface area (Å²) in [6.07, 6.45) is 2.32. The SMILES string of the molecule is CCc1ccc(N(CCCC(=O)N(Cc2ccc(F)cc2)C(C)C(=O)NC(C)C)S(C)(=O)=O)cc1. The zero-order chi connectivity index (χ0) is 26.2. The van der Waals surface area contributed by atoms with Crippen molar-refractivity contribution < 1.29 is 22.4 Å². The van der Waals surface area contributed by atoms with Crippen LogP contribution in [-0.4, -0.2) is 50.0 Å². The van der Waals surface area contributed by atoms with Crippen LogP contribution >= 0.6 is 0 Å². The quantitative estimate of drug-likeness (QED) is 0.474. The van der Waals surface area contributed by atoms with Gasteiger partial charge < -0.3 is 10.2 Å². The van der Waals surface area contributed by atoms with Crippen molar-refractivity contribution in [3.8, 4) is 0 Å². The van der Waals surface area contributed by atoms with E-state index in [4.69, 9.17) is 0 Å². The predicted molar refractivity (Wildman–Crippen MR) is 137 cm³/mol. The summed E-state index contributed by atoms with van der Waals surface area (Å²) in [6.45, 7) is 7.62. The van der Waals surface area contributed by atoms with Crippen molar-refractivity contribution in [1.82, 2.24) is 10.2 Å². The van der Waals surface area contributed by atoms with Gasteiger partial charge in [0.05, 0.1) is 11.9 Å². The molecule has 0 fully saturated rings. The molecule has 0 aliphatic rings. The van der Waals surface area contributed by atoms with E-state index in [0.29, 0.717) is 11.3 Å². The lowest BCUT2D eigenvalue weighted by Gasteiger charge is -2.30. The van der Waals surface area contributed by atoms with Crippen molar-refractivity contribution in [3.63, 3.8) is 0 Å². The van der Waals surface area contributed by atoms with Crippen molar-refractivity contribution in [1.29, 1.82) is 0 Å². The number of amides is 2. The molecule has 7 nitrogen and oxygen atoms in total. The molecule has 0 spiro atoms. The molecule has 0 aliphatic heterocycles. The van der Waals surface area contributed by atoms with E-state index in [1.807, 2.05) is 32.9 Å². The number of rotatable bonds is 12. The summed E-state index contributed by atoms with van der Waals surface area (Å²) >= 11 is 0. The standard InChI is InChI=1S/C26H36FN3O4S/c1-6-21-11-15-24(16-12-21)30(35(5,33)34)17-7-8-25(31)29(20(4)26(32)28-19(2)3)18-22-9-13-23(27)14-10-22/h9-16,19-20H,6-8,17-18H2,1-5H3,(H,28,32). The van der Waals surface area contributed by atoms with Gasteiger partial charge in [-0.15, -0.1) is 0 Å². The number of carbonyl (C=O) groups is 2. The fraction of sp³-hybridized carbons (Fsp3) is 0.462. The van der Waals surface area contributed by atoms with Crippen LogP contribution in [0.1, 0.15) is 51.7 Å². The number of anilines is 1. The molecule has 0 saturated heterocycles. The lowest BCUT2D eigenvalue weighted by atomic mass is 10.1. The Labute approximate surface area is 208 Å². The van der Waals surface area contributed by atoms with E-state index < -0.39 is 16.1 Å². The van der Waals surface area contributed by atoms with E-state index in [0.717, 1.165) is 18.2 Å². The van der Waals surface area contributed by atoms with Gasteiger partial charge in [0.15, 0.2) is 0 Å². The van der Waals surface area contributed by atoms with E-state index in [9.17, 15) is 22.4 Å². The summed E-state index contributed by atoms with van der Waals surface area (Å²) in [4.78, 5) is 27.3. The van der Waals surface area contributed by atoms with Gasteiger partial charge in [-0.2, -0.15) is 0 Å². The highest BCUT2D eigenvalue weighted by Crippen LogP contribution is 2.20. The van der Waals surface area contributed by atoms with Crippen molar-refractivity contribution in [2.45, 2.75) is 65.6 Å². The van der Waals surface area contributed by atoms with Crippen LogP contribution in [0.2, 0.25) is 0 Å². The summed E-state index contributed by atoms with van der Waals surface area (Å²) < 4.78 is 39.4. The third-order valence-electron chi connectivity index (χ3n) is 5.65. The first-order valence-electron chi connectivity index (χ1n) is 11.8. The molecule has 1 atom stereocenters. The molecule has 0 heterocycles. The largest absolute Gasteiger partial charge is 0.352 e. The van der Waals surface area contributed by atoms with Gasteiger partial charge in [0.25, 0.3) is 0 Å². The van der Waals surface area contributed by atoms with Gasteiger partial charge in [-0.1, -0.05) is 31.2 Å². The molecule has 192 valence electrons. The zero-order valence-electron chi connectivity index (χ0n) is 21.1. The average molecular weight is 506 g/mol. The second-order valence-electron chi connectivity index (χ2n) is 8.95. The first-order valence-corrected chi connectivity index (χ1v) is 13.7. The Morgan fingerprint density at radius 2 is 1.54 bits per heavy atom. The average Bonchev–Trinajstić information content (AvgIpc) is 2.79. The van der Waals surface area contributed by atoms with Crippen molar-refractivity contribution in [2.75, 3.05) is 17.1 Å². The van der Waals surface area contributed by atoms with Crippen molar-refractivity contribution in [3.05, 3.63) is 65.5 Å². The minimum atomic E-state index is -3.54. The van der Waals surface area contributed by atoms with E-state index in [2.05, 4.69) is 5.32 Å². The number of carbonyl (C=O) groups excluding carboxylic acids is 2. The molecule has 35 heavy (non-hydrogen) atoms. The normalized spacial score (nSPS) is 12.3. The molecule has 0 bridgehead atoms. The first-order chi connectivity index (χ1) is 16.4. The smallest absolute Gasteiger partial charge is 0.242 e. The third kappa shape index (κ3) is 8.65. The Hall–Kier alpha value is -2.94. The molecule has 1 N–H and O–H groups in total. The predicted octanol–water partition coefficient (Wildman–Crippen LogP) is 3.88. The number of nitrogens with zero attached hydrogens (tertiary/aromatic N) is 2. The minimum absolute atomic E-state index is 0.0551. The number of benzene rings is 2. The van der Waals surface area contributed by atoms with Gasteiger partial charge in [0.2, 0.25) is 21.8 Å². The molecule has 2 aromatic carbocycles. The molecule has 0 radical (unpaired) electrons. The number of hydrogen-bond acceptors (Lipinski definition) is 4. The highest BCUT2D eigenvalue weighted by molar-refractivity contribution is 7.92. The molecular weight excluding hydrogens is 469 g/mol. The number of hydrogen-bond donors (Lipinski definition) is 1. The Balaban J connectivity index is 2.15. The van der Waals surface area contributed by atoms with Crippen LogP contribution in [-0.2, 0) is 32.6 Å². The molecule has 2 amide bonds. The van der Waals surface area contributed by atoms with Gasteiger partial charge in [0.1, 0.15) is 11.9 Å². The fourth-order valence-corrected chi connectivity index (χ4v) is 4.64. The Morgan fingerprint density at radius 3 is 2.06 bits per heavy atom. The van der Waals surface area contributed by atoms with Crippen LogP contribution < -0.4 is 9.62 Å². The van der Waals surface area contributed by atoms with Gasteiger partial charge in [0, 0.05) is 25.6 Å². The summed E-state index contributed by atoms with van der Waals surface area (Å²) in [5.74, 6) is -0.954. The molecule has 0 aliphatic carbocycles. The van der Waals surface area contributed by atoms with Crippen LogP contribution in [0, 0.1) is 5.82 Å². The molecule has 2 rings (SSSR count). The Bertz CT molecular complexity index is 1090. The lowest BCUT2D eigenvalue weighted by Crippen LogP contribution is -2.49. The van der Waals surface area contributed by atoms with E-state index >= 15 is 0 Å². The summed E-state index contributed by atoms with van der Waals surface area (Å²) in [5.41, 5.74) is 2.34. The monoisotopic (exact) mass is 505 g/mol. The van der Waals surface area contributed by atoms with E-state index in [-0.39, 0.29) is 49.6 Å². The number of halogens is 1.